The van der Waals surface area contributed by atoms with Crippen molar-refractivity contribution in [2.45, 2.75) is 0 Å². The lowest BCUT2D eigenvalue weighted by Crippen LogP contribution is -1.99. The van der Waals surface area contributed by atoms with Crippen molar-refractivity contribution in [1.82, 2.24) is 0 Å². The fourth-order valence-corrected chi connectivity index (χ4v) is 0.780. The van der Waals surface area contributed by atoms with E-state index in [0.717, 1.165) is 0 Å². The minimum atomic E-state index is -0.303. The monoisotopic (exact) mass is 181 g/mol. The first-order chi connectivity index (χ1) is 6.33. The van der Waals surface area contributed by atoms with Gasteiger partial charge in [-0.3, -0.25) is 0 Å². The third-order valence-corrected chi connectivity index (χ3v) is 1.34. The first kappa shape index (κ1) is 9.35. The second kappa shape index (κ2) is 5.00. The van der Waals surface area contributed by atoms with Crippen LogP contribution >= 0.6 is 0 Å². The van der Waals surface area contributed by atoms with Gasteiger partial charge in [-0.1, -0.05) is 5.11 Å². The Morgan fingerprint density at radius 1 is 1.38 bits per heavy atom. The normalized spacial score (nSPS) is 9.00. The van der Waals surface area contributed by atoms with Crippen LogP contribution in [0.3, 0.4) is 0 Å². The van der Waals surface area contributed by atoms with Crippen molar-refractivity contribution < 1.29 is 9.13 Å². The zero-order valence-corrected chi connectivity index (χ0v) is 6.85. The van der Waals surface area contributed by atoms with Crippen molar-refractivity contribution in [1.29, 1.82) is 0 Å². The van der Waals surface area contributed by atoms with Crippen LogP contribution in [0.25, 0.3) is 10.4 Å². The molecule has 0 aliphatic carbocycles. The molecule has 0 unspecified atom stereocenters. The SMILES string of the molecule is [N-]=[N+]=NCCOc1ccc(F)cc1. The van der Waals surface area contributed by atoms with Gasteiger partial charge in [-0.2, -0.15) is 0 Å². The molecule has 4 nitrogen and oxygen atoms in total. The van der Waals surface area contributed by atoms with Crippen molar-refractivity contribution in [3.8, 4) is 5.75 Å². The highest BCUT2D eigenvalue weighted by Gasteiger charge is 1.92. The van der Waals surface area contributed by atoms with Crippen LogP contribution in [0.5, 0.6) is 5.75 Å². The minimum Gasteiger partial charge on any atom is -0.493 e. The number of rotatable bonds is 4. The van der Waals surface area contributed by atoms with Gasteiger partial charge in [0.2, 0.25) is 0 Å². The van der Waals surface area contributed by atoms with Gasteiger partial charge >= 0.3 is 0 Å². The smallest absolute Gasteiger partial charge is 0.123 e. The van der Waals surface area contributed by atoms with E-state index in [2.05, 4.69) is 10.0 Å². The second-order valence-corrected chi connectivity index (χ2v) is 2.26. The molecule has 0 aliphatic heterocycles. The molecule has 0 aromatic heterocycles. The molecule has 5 heteroatoms. The molecule has 0 fully saturated rings. The van der Waals surface area contributed by atoms with Crippen molar-refractivity contribution in [2.75, 3.05) is 13.2 Å². The van der Waals surface area contributed by atoms with Crippen molar-refractivity contribution in [3.63, 3.8) is 0 Å². The predicted octanol–water partition coefficient (Wildman–Crippen LogP) is 2.51. The summed E-state index contributed by atoms with van der Waals surface area (Å²) in [6, 6.07) is 5.66. The number of ether oxygens (including phenoxy) is 1. The summed E-state index contributed by atoms with van der Waals surface area (Å²) in [5.74, 6) is 0.261. The first-order valence-electron chi connectivity index (χ1n) is 3.72. The fraction of sp³-hybridized carbons (Fsp3) is 0.250. The quantitative estimate of drug-likeness (QED) is 0.304. The predicted molar refractivity (Wildman–Crippen MR) is 45.9 cm³/mol. The molecule has 0 spiro atoms. The van der Waals surface area contributed by atoms with E-state index in [9.17, 15) is 4.39 Å². The standard InChI is InChI=1S/C8H8FN3O/c9-7-1-3-8(4-2-7)13-6-5-11-12-10/h1-4H,5-6H2. The van der Waals surface area contributed by atoms with E-state index in [1.54, 1.807) is 0 Å². The van der Waals surface area contributed by atoms with Crippen LogP contribution < -0.4 is 4.74 Å². The van der Waals surface area contributed by atoms with E-state index in [0.29, 0.717) is 12.4 Å². The van der Waals surface area contributed by atoms with Gasteiger partial charge in [0, 0.05) is 4.91 Å². The number of hydrogen-bond acceptors (Lipinski definition) is 2. The summed E-state index contributed by atoms with van der Waals surface area (Å²) in [6.45, 7) is 0.573. The maximum atomic E-state index is 12.4. The Balaban J connectivity index is 2.37. The molecule has 0 aliphatic rings. The average Bonchev–Trinajstić information content (AvgIpc) is 2.15. The third-order valence-electron chi connectivity index (χ3n) is 1.34. The number of nitrogens with zero attached hydrogens (tertiary/aromatic N) is 3. The van der Waals surface area contributed by atoms with Gasteiger partial charge in [0.15, 0.2) is 0 Å². The molecule has 68 valence electrons. The van der Waals surface area contributed by atoms with Crippen LogP contribution in [-0.4, -0.2) is 13.2 Å². The highest BCUT2D eigenvalue weighted by molar-refractivity contribution is 5.21. The van der Waals surface area contributed by atoms with E-state index < -0.39 is 0 Å². The molecule has 0 heterocycles. The van der Waals surface area contributed by atoms with Gasteiger partial charge in [-0.15, -0.1) is 0 Å². The zero-order chi connectivity index (χ0) is 9.52. The maximum Gasteiger partial charge on any atom is 0.123 e. The van der Waals surface area contributed by atoms with Crippen LogP contribution in [0.1, 0.15) is 0 Å². The van der Waals surface area contributed by atoms with E-state index >= 15 is 0 Å². The van der Waals surface area contributed by atoms with Crippen LogP contribution in [0.4, 0.5) is 4.39 Å². The topological polar surface area (TPSA) is 58.0 Å². The molecule has 0 N–H and O–H groups in total. The Kier molecular flexibility index (Phi) is 3.60. The number of benzene rings is 1. The first-order valence-corrected chi connectivity index (χ1v) is 3.72. The van der Waals surface area contributed by atoms with E-state index in [4.69, 9.17) is 10.3 Å². The number of hydrogen-bond donors (Lipinski definition) is 0. The van der Waals surface area contributed by atoms with Gasteiger partial charge in [-0.05, 0) is 29.8 Å². The molecule has 13 heavy (non-hydrogen) atoms. The number of halogens is 1. The molecular weight excluding hydrogens is 173 g/mol. The van der Waals surface area contributed by atoms with E-state index in [1.807, 2.05) is 0 Å². The molecule has 1 aromatic rings. The molecule has 0 atom stereocenters. The summed E-state index contributed by atoms with van der Waals surface area (Å²) in [7, 11) is 0. The lowest BCUT2D eigenvalue weighted by molar-refractivity contribution is 0.327. The van der Waals surface area contributed by atoms with Gasteiger partial charge in [-0.25, -0.2) is 4.39 Å². The van der Waals surface area contributed by atoms with Gasteiger partial charge in [0.05, 0.1) is 13.2 Å². The summed E-state index contributed by atoms with van der Waals surface area (Å²) in [5.41, 5.74) is 7.95. The molecule has 1 rings (SSSR count). The van der Waals surface area contributed by atoms with E-state index in [1.165, 1.54) is 24.3 Å². The summed E-state index contributed by atoms with van der Waals surface area (Å²) in [6.07, 6.45) is 0. The molecule has 0 amide bonds. The highest BCUT2D eigenvalue weighted by atomic mass is 19.1. The molecular formula is C8H8FN3O. The molecule has 0 saturated heterocycles. The summed E-state index contributed by atoms with van der Waals surface area (Å²) < 4.78 is 17.5. The third kappa shape index (κ3) is 3.44. The molecule has 0 radical (unpaired) electrons. The van der Waals surface area contributed by atoms with E-state index in [-0.39, 0.29) is 12.4 Å². The average molecular weight is 181 g/mol. The van der Waals surface area contributed by atoms with Crippen molar-refractivity contribution in [2.24, 2.45) is 5.11 Å². The van der Waals surface area contributed by atoms with Crippen LogP contribution in [-0.2, 0) is 0 Å². The van der Waals surface area contributed by atoms with Gasteiger partial charge in [0.1, 0.15) is 11.6 Å². The van der Waals surface area contributed by atoms with Crippen LogP contribution in [0.15, 0.2) is 29.4 Å². The Bertz CT molecular complexity index is 306. The molecule has 0 saturated carbocycles. The summed E-state index contributed by atoms with van der Waals surface area (Å²) in [4.78, 5) is 2.57. The van der Waals surface area contributed by atoms with Gasteiger partial charge < -0.3 is 4.74 Å². The van der Waals surface area contributed by atoms with Gasteiger partial charge in [0.25, 0.3) is 0 Å². The summed E-state index contributed by atoms with van der Waals surface area (Å²) >= 11 is 0. The maximum absolute atomic E-state index is 12.4. The van der Waals surface area contributed by atoms with Crippen LogP contribution in [0.2, 0.25) is 0 Å². The fourth-order valence-electron chi connectivity index (χ4n) is 0.780. The van der Waals surface area contributed by atoms with Crippen molar-refractivity contribution in [3.05, 3.63) is 40.5 Å². The Labute approximate surface area is 74.6 Å². The Morgan fingerprint density at radius 2 is 2.08 bits per heavy atom. The molecule has 1 aromatic carbocycles. The largest absolute Gasteiger partial charge is 0.493 e. The Hall–Kier alpha value is -1.74. The Morgan fingerprint density at radius 3 is 2.69 bits per heavy atom. The second-order valence-electron chi connectivity index (χ2n) is 2.26. The van der Waals surface area contributed by atoms with Crippen molar-refractivity contribution >= 4 is 0 Å². The lowest BCUT2D eigenvalue weighted by Gasteiger charge is -2.02. The number of azide groups is 1. The minimum absolute atomic E-state index is 0.272. The van der Waals surface area contributed by atoms with Crippen LogP contribution in [0, 0.1) is 5.82 Å². The zero-order valence-electron chi connectivity index (χ0n) is 6.85. The highest BCUT2D eigenvalue weighted by Crippen LogP contribution is 2.10. The lowest BCUT2D eigenvalue weighted by atomic mass is 10.3. The molecule has 0 bridgehead atoms. The summed E-state index contributed by atoms with van der Waals surface area (Å²) in [5, 5.41) is 3.29.